The number of nitrogens with one attached hydrogen (secondary N) is 1. The highest BCUT2D eigenvalue weighted by atomic mass is 16.5. The molecule has 4 saturated carbocycles. The molecule has 0 spiro atoms. The Morgan fingerprint density at radius 1 is 1.00 bits per heavy atom. The fraction of sp³-hybridized carbons (Fsp3) is 0.621. The summed E-state index contributed by atoms with van der Waals surface area (Å²) in [5, 5.41) is 3.67. The van der Waals surface area contributed by atoms with Gasteiger partial charge in [-0.2, -0.15) is 0 Å². The molecule has 2 aromatic rings. The quantitative estimate of drug-likeness (QED) is 0.586. The molecule has 6 heteroatoms. The molecular weight excluding hydrogens is 438 g/mol. The Bertz CT molecular complexity index is 935. The third-order valence-corrected chi connectivity index (χ3v) is 9.02. The van der Waals surface area contributed by atoms with Gasteiger partial charge in [-0.1, -0.05) is 30.3 Å². The normalized spacial score (nSPS) is 30.9. The van der Waals surface area contributed by atoms with Crippen LogP contribution in [0.5, 0.6) is 0 Å². The number of morpholine rings is 1. The molecule has 5 aliphatic rings. The van der Waals surface area contributed by atoms with Crippen LogP contribution >= 0.6 is 0 Å². The molecule has 35 heavy (non-hydrogen) atoms. The van der Waals surface area contributed by atoms with Crippen LogP contribution in [-0.2, 0) is 16.1 Å². The number of hydrogen-bond acceptors (Lipinski definition) is 5. The van der Waals surface area contributed by atoms with Gasteiger partial charge in [0.1, 0.15) is 5.76 Å². The zero-order valence-electron chi connectivity index (χ0n) is 20.7. The second kappa shape index (κ2) is 10.1. The molecule has 188 valence electrons. The van der Waals surface area contributed by atoms with Crippen LogP contribution in [0.2, 0.25) is 0 Å². The van der Waals surface area contributed by atoms with Crippen molar-refractivity contribution < 1.29 is 13.9 Å². The summed E-state index contributed by atoms with van der Waals surface area (Å²) in [6.07, 6.45) is 9.34. The number of nitrogens with zero attached hydrogens (tertiary/aromatic N) is 2. The number of carbonyl (C=O) groups excluding carboxylic acids is 1. The highest BCUT2D eigenvalue weighted by molar-refractivity contribution is 5.79. The van der Waals surface area contributed by atoms with E-state index in [1.807, 2.05) is 12.1 Å². The monoisotopic (exact) mass is 477 g/mol. The lowest BCUT2D eigenvalue weighted by atomic mass is 9.52. The van der Waals surface area contributed by atoms with Gasteiger partial charge in [-0.05, 0) is 74.0 Å². The van der Waals surface area contributed by atoms with E-state index in [2.05, 4.69) is 45.4 Å². The van der Waals surface area contributed by atoms with E-state index in [1.165, 1.54) is 44.1 Å². The fourth-order valence-electron chi connectivity index (χ4n) is 7.80. The summed E-state index contributed by atoms with van der Waals surface area (Å²) in [7, 11) is 0. The van der Waals surface area contributed by atoms with Crippen LogP contribution in [0.4, 0.5) is 0 Å². The van der Waals surface area contributed by atoms with Gasteiger partial charge in [-0.15, -0.1) is 0 Å². The number of rotatable bonds is 9. The molecule has 1 N–H and O–H groups in total. The van der Waals surface area contributed by atoms with E-state index in [1.54, 1.807) is 6.26 Å². The standard InChI is InChI=1S/C29H39N3O3/c33-28(19-30-27(25-5-2-1-3-6-25)21-31-8-11-34-12-9-31)32(20-26-7-4-10-35-26)29-16-22-13-23(17-29)15-24(14-22)18-29/h1-7,10,22-24,27,30H,8-9,11-21H2/t22?,23?,24?,27-,29?/m1/s1. The lowest BCUT2D eigenvalue weighted by molar-refractivity contribution is -0.152. The van der Waals surface area contributed by atoms with E-state index in [4.69, 9.17) is 9.15 Å². The lowest BCUT2D eigenvalue weighted by Gasteiger charge is -2.60. The highest BCUT2D eigenvalue weighted by Crippen LogP contribution is 2.58. The van der Waals surface area contributed by atoms with Gasteiger partial charge in [0.05, 0.1) is 32.6 Å². The predicted octanol–water partition coefficient (Wildman–Crippen LogP) is 4.24. The van der Waals surface area contributed by atoms with Crippen LogP contribution in [0, 0.1) is 17.8 Å². The molecule has 4 aliphatic carbocycles. The number of ether oxygens (including phenoxy) is 1. The van der Waals surface area contributed by atoms with Crippen LogP contribution in [0.3, 0.4) is 0 Å². The van der Waals surface area contributed by atoms with Crippen molar-refractivity contribution in [3.05, 3.63) is 60.1 Å². The third-order valence-electron chi connectivity index (χ3n) is 9.02. The molecule has 7 rings (SSSR count). The Balaban J connectivity index is 1.20. The van der Waals surface area contributed by atoms with Gasteiger partial charge < -0.3 is 19.4 Å². The summed E-state index contributed by atoms with van der Waals surface area (Å²) in [4.78, 5) is 18.7. The van der Waals surface area contributed by atoms with Crippen molar-refractivity contribution >= 4 is 5.91 Å². The van der Waals surface area contributed by atoms with Crippen molar-refractivity contribution in [2.45, 2.75) is 56.7 Å². The number of hydrogen-bond donors (Lipinski definition) is 1. The SMILES string of the molecule is O=C(CN[C@H](CN1CCOCC1)c1ccccc1)N(Cc1ccco1)C12CC3CC(CC(C3)C1)C2. The molecular formula is C29H39N3O3. The predicted molar refractivity (Wildman–Crippen MR) is 135 cm³/mol. The maximum atomic E-state index is 14.0. The average molecular weight is 478 g/mol. The minimum absolute atomic E-state index is 0.00670. The maximum absolute atomic E-state index is 14.0. The van der Waals surface area contributed by atoms with Crippen LogP contribution in [0.25, 0.3) is 0 Å². The molecule has 1 aromatic carbocycles. The molecule has 1 atom stereocenters. The molecule has 0 unspecified atom stereocenters. The van der Waals surface area contributed by atoms with Gasteiger partial charge in [0.15, 0.2) is 0 Å². The number of amides is 1. The zero-order chi connectivity index (χ0) is 23.7. The summed E-state index contributed by atoms with van der Waals surface area (Å²) >= 11 is 0. The summed E-state index contributed by atoms with van der Waals surface area (Å²) in [6.45, 7) is 5.27. The Hall–Kier alpha value is -2.15. The second-order valence-corrected chi connectivity index (χ2v) is 11.5. The van der Waals surface area contributed by atoms with E-state index >= 15 is 0 Å². The molecule has 0 radical (unpaired) electrons. The molecule has 5 fully saturated rings. The minimum Gasteiger partial charge on any atom is -0.467 e. The van der Waals surface area contributed by atoms with Crippen molar-refractivity contribution in [3.63, 3.8) is 0 Å². The minimum atomic E-state index is 0.00670. The van der Waals surface area contributed by atoms with E-state index in [-0.39, 0.29) is 17.5 Å². The van der Waals surface area contributed by atoms with Gasteiger partial charge >= 0.3 is 0 Å². The molecule has 1 saturated heterocycles. The molecule has 1 aliphatic heterocycles. The van der Waals surface area contributed by atoms with Crippen molar-refractivity contribution in [2.75, 3.05) is 39.4 Å². The Labute approximate surface area is 209 Å². The number of benzene rings is 1. The Morgan fingerprint density at radius 3 is 2.31 bits per heavy atom. The summed E-state index contributed by atoms with van der Waals surface area (Å²) < 4.78 is 11.3. The maximum Gasteiger partial charge on any atom is 0.237 e. The first-order chi connectivity index (χ1) is 17.2. The molecule has 1 aromatic heterocycles. The summed E-state index contributed by atoms with van der Waals surface area (Å²) in [5.41, 5.74) is 1.24. The first kappa shape index (κ1) is 23.3. The van der Waals surface area contributed by atoms with Crippen LogP contribution in [0.1, 0.15) is 55.9 Å². The molecule has 1 amide bonds. The van der Waals surface area contributed by atoms with Crippen molar-refractivity contribution in [1.29, 1.82) is 0 Å². The van der Waals surface area contributed by atoms with Crippen molar-refractivity contribution in [2.24, 2.45) is 17.8 Å². The van der Waals surface area contributed by atoms with E-state index in [0.717, 1.165) is 56.4 Å². The highest BCUT2D eigenvalue weighted by Gasteiger charge is 2.54. The summed E-state index contributed by atoms with van der Waals surface area (Å²) in [5.74, 6) is 3.48. The van der Waals surface area contributed by atoms with Crippen molar-refractivity contribution in [1.82, 2.24) is 15.1 Å². The Kier molecular flexibility index (Phi) is 6.70. The van der Waals surface area contributed by atoms with E-state index in [0.29, 0.717) is 13.1 Å². The second-order valence-electron chi connectivity index (χ2n) is 11.5. The van der Waals surface area contributed by atoms with Gasteiger partial charge in [0.2, 0.25) is 5.91 Å². The first-order valence-corrected chi connectivity index (χ1v) is 13.6. The van der Waals surface area contributed by atoms with Gasteiger partial charge in [-0.25, -0.2) is 0 Å². The van der Waals surface area contributed by atoms with Crippen LogP contribution < -0.4 is 5.32 Å². The van der Waals surface area contributed by atoms with Gasteiger partial charge in [-0.3, -0.25) is 9.69 Å². The number of carbonyl (C=O) groups is 1. The smallest absolute Gasteiger partial charge is 0.237 e. The van der Waals surface area contributed by atoms with Crippen LogP contribution in [0.15, 0.2) is 53.1 Å². The Morgan fingerprint density at radius 2 is 1.69 bits per heavy atom. The topological polar surface area (TPSA) is 58.0 Å². The van der Waals surface area contributed by atoms with E-state index < -0.39 is 0 Å². The molecule has 2 heterocycles. The van der Waals surface area contributed by atoms with Gasteiger partial charge in [0, 0.05) is 31.2 Å². The molecule has 4 bridgehead atoms. The third kappa shape index (κ3) is 5.07. The van der Waals surface area contributed by atoms with Gasteiger partial charge in [0.25, 0.3) is 0 Å². The average Bonchev–Trinajstić information content (AvgIpc) is 3.39. The zero-order valence-corrected chi connectivity index (χ0v) is 20.7. The largest absolute Gasteiger partial charge is 0.467 e. The number of furan rings is 1. The summed E-state index contributed by atoms with van der Waals surface area (Å²) in [6, 6.07) is 14.6. The lowest BCUT2D eigenvalue weighted by Crippen LogP contribution is -2.62. The van der Waals surface area contributed by atoms with Crippen LogP contribution in [-0.4, -0.2) is 60.6 Å². The van der Waals surface area contributed by atoms with Crippen molar-refractivity contribution in [3.8, 4) is 0 Å². The van der Waals surface area contributed by atoms with E-state index in [9.17, 15) is 4.79 Å². The first-order valence-electron chi connectivity index (χ1n) is 13.6. The molecule has 6 nitrogen and oxygen atoms in total. The fourth-order valence-corrected chi connectivity index (χ4v) is 7.80.